The summed E-state index contributed by atoms with van der Waals surface area (Å²) in [5.74, 6) is 0.0305. The molecule has 1 aliphatic rings. The molecular formula is C14H18F6N4O. The third kappa shape index (κ3) is 6.65. The minimum Gasteiger partial charge on any atom is -0.372 e. The summed E-state index contributed by atoms with van der Waals surface area (Å²) in [6.07, 6.45) is -7.31. The molecule has 25 heavy (non-hydrogen) atoms. The summed E-state index contributed by atoms with van der Waals surface area (Å²) in [6, 6.07) is 0.820. The van der Waals surface area contributed by atoms with Gasteiger partial charge in [-0.3, -0.25) is 4.90 Å². The first-order valence-electron chi connectivity index (χ1n) is 7.67. The maximum absolute atomic E-state index is 12.7. The zero-order chi connectivity index (χ0) is 18.5. The molecule has 1 saturated heterocycles. The molecule has 11 heteroatoms. The van der Waals surface area contributed by atoms with Crippen molar-refractivity contribution >= 4 is 5.95 Å². The lowest BCUT2D eigenvalue weighted by Crippen LogP contribution is -2.47. The zero-order valence-electron chi connectivity index (χ0n) is 13.3. The van der Waals surface area contributed by atoms with Crippen LogP contribution in [0.15, 0.2) is 12.3 Å². The van der Waals surface area contributed by atoms with Gasteiger partial charge >= 0.3 is 12.4 Å². The largest absolute Gasteiger partial charge is 0.433 e. The summed E-state index contributed by atoms with van der Waals surface area (Å²) in [5.41, 5.74) is -0.984. The number of alkyl halides is 6. The van der Waals surface area contributed by atoms with Gasteiger partial charge < -0.3 is 9.64 Å². The third-order valence-corrected chi connectivity index (χ3v) is 3.62. The molecule has 5 nitrogen and oxygen atoms in total. The van der Waals surface area contributed by atoms with E-state index in [0.717, 1.165) is 12.3 Å². The maximum atomic E-state index is 12.7. The van der Waals surface area contributed by atoms with Gasteiger partial charge in [0.05, 0.1) is 0 Å². The number of hydrogen-bond donors (Lipinski definition) is 0. The standard InChI is InChI=1S/C14H18F6N4O/c15-13(16,17)10-25-9-1-4-23-5-7-24(8-6-23)12-21-3-2-11(22-12)14(18,19)20/h2-3H,1,4-10H2. The summed E-state index contributed by atoms with van der Waals surface area (Å²) < 4.78 is 78.3. The van der Waals surface area contributed by atoms with Crippen LogP contribution in [0.4, 0.5) is 32.3 Å². The quantitative estimate of drug-likeness (QED) is 0.567. The molecule has 0 bridgehead atoms. The van der Waals surface area contributed by atoms with E-state index in [9.17, 15) is 26.3 Å². The van der Waals surface area contributed by atoms with Gasteiger partial charge in [-0.1, -0.05) is 0 Å². The van der Waals surface area contributed by atoms with E-state index in [-0.39, 0.29) is 12.6 Å². The van der Waals surface area contributed by atoms with E-state index in [4.69, 9.17) is 0 Å². The summed E-state index contributed by atoms with van der Waals surface area (Å²) >= 11 is 0. The van der Waals surface area contributed by atoms with E-state index in [1.165, 1.54) is 0 Å². The van der Waals surface area contributed by atoms with Crippen LogP contribution in [0.25, 0.3) is 0 Å². The van der Waals surface area contributed by atoms with Crippen molar-refractivity contribution in [2.45, 2.75) is 18.8 Å². The lowest BCUT2D eigenvalue weighted by Gasteiger charge is -2.34. The average molecular weight is 372 g/mol. The Morgan fingerprint density at radius 3 is 2.32 bits per heavy atom. The number of hydrogen-bond acceptors (Lipinski definition) is 5. The molecule has 0 unspecified atom stereocenters. The summed E-state index contributed by atoms with van der Waals surface area (Å²) in [6.45, 7) is 1.35. The molecular weight excluding hydrogens is 354 g/mol. The predicted octanol–water partition coefficient (Wildman–Crippen LogP) is 2.59. The SMILES string of the molecule is FC(F)(F)COCCCN1CCN(c2nccc(C(F)(F)F)n2)CC1. The number of rotatable bonds is 6. The third-order valence-electron chi connectivity index (χ3n) is 3.62. The monoisotopic (exact) mass is 372 g/mol. The fourth-order valence-electron chi connectivity index (χ4n) is 2.41. The van der Waals surface area contributed by atoms with Gasteiger partial charge in [0, 0.05) is 45.5 Å². The molecule has 1 fully saturated rings. The number of ether oxygens (including phenoxy) is 1. The van der Waals surface area contributed by atoms with Gasteiger partial charge in [0.2, 0.25) is 5.95 Å². The van der Waals surface area contributed by atoms with Crippen molar-refractivity contribution in [2.24, 2.45) is 0 Å². The highest BCUT2D eigenvalue weighted by molar-refractivity contribution is 5.31. The van der Waals surface area contributed by atoms with Crippen molar-refractivity contribution in [1.82, 2.24) is 14.9 Å². The second-order valence-electron chi connectivity index (χ2n) is 5.59. The van der Waals surface area contributed by atoms with Crippen LogP contribution < -0.4 is 4.90 Å². The van der Waals surface area contributed by atoms with Gasteiger partial charge in [-0.15, -0.1) is 0 Å². The molecule has 1 aromatic heterocycles. The Morgan fingerprint density at radius 1 is 1.04 bits per heavy atom. The van der Waals surface area contributed by atoms with Crippen molar-refractivity contribution in [1.29, 1.82) is 0 Å². The number of aromatic nitrogens is 2. The van der Waals surface area contributed by atoms with E-state index in [2.05, 4.69) is 14.7 Å². The Labute approximate surface area is 140 Å². The van der Waals surface area contributed by atoms with Crippen LogP contribution in [-0.2, 0) is 10.9 Å². The molecule has 0 spiro atoms. The van der Waals surface area contributed by atoms with E-state index >= 15 is 0 Å². The van der Waals surface area contributed by atoms with Crippen LogP contribution in [0.1, 0.15) is 12.1 Å². The van der Waals surface area contributed by atoms with Crippen molar-refractivity contribution in [3.05, 3.63) is 18.0 Å². The second-order valence-corrected chi connectivity index (χ2v) is 5.59. The summed E-state index contributed by atoms with van der Waals surface area (Å²) in [5, 5.41) is 0. The molecule has 0 aliphatic carbocycles. The Hall–Kier alpha value is -1.62. The Kier molecular flexibility index (Phi) is 6.44. The maximum Gasteiger partial charge on any atom is 0.433 e. The molecule has 1 aromatic rings. The number of nitrogens with zero attached hydrogens (tertiary/aromatic N) is 4. The van der Waals surface area contributed by atoms with Crippen molar-refractivity contribution in [2.75, 3.05) is 50.8 Å². The van der Waals surface area contributed by atoms with Crippen molar-refractivity contribution in [3.63, 3.8) is 0 Å². The molecule has 2 rings (SSSR count). The van der Waals surface area contributed by atoms with Gasteiger partial charge in [-0.05, 0) is 12.5 Å². The fourth-order valence-corrected chi connectivity index (χ4v) is 2.41. The molecule has 0 amide bonds. The molecule has 142 valence electrons. The van der Waals surface area contributed by atoms with Crippen LogP contribution in [0.5, 0.6) is 0 Å². The lowest BCUT2D eigenvalue weighted by atomic mass is 10.3. The summed E-state index contributed by atoms with van der Waals surface area (Å²) in [7, 11) is 0. The number of anilines is 1. The van der Waals surface area contributed by atoms with Gasteiger partial charge in [0.25, 0.3) is 0 Å². The predicted molar refractivity (Wildman–Crippen MR) is 77.2 cm³/mol. The Bertz CT molecular complexity index is 543. The van der Waals surface area contributed by atoms with Crippen LogP contribution in [0.3, 0.4) is 0 Å². The highest BCUT2D eigenvalue weighted by Gasteiger charge is 2.33. The first-order valence-corrected chi connectivity index (χ1v) is 7.67. The Morgan fingerprint density at radius 2 is 1.72 bits per heavy atom. The van der Waals surface area contributed by atoms with E-state index in [1.54, 1.807) is 4.90 Å². The molecule has 0 radical (unpaired) electrons. The minimum atomic E-state index is -4.52. The van der Waals surface area contributed by atoms with E-state index in [1.807, 2.05) is 4.90 Å². The first-order chi connectivity index (χ1) is 11.6. The Balaban J connectivity index is 1.73. The highest BCUT2D eigenvalue weighted by atomic mass is 19.4. The molecule has 2 heterocycles. The van der Waals surface area contributed by atoms with Crippen LogP contribution in [-0.4, -0.2) is 67.0 Å². The molecule has 0 aromatic carbocycles. The van der Waals surface area contributed by atoms with Crippen LogP contribution in [0, 0.1) is 0 Å². The topological polar surface area (TPSA) is 41.5 Å². The summed E-state index contributed by atoms with van der Waals surface area (Å²) in [4.78, 5) is 11.1. The molecule has 1 aliphatic heterocycles. The van der Waals surface area contributed by atoms with Crippen molar-refractivity contribution in [3.8, 4) is 0 Å². The molecule has 0 N–H and O–H groups in total. The average Bonchev–Trinajstić information content (AvgIpc) is 2.53. The molecule has 0 atom stereocenters. The van der Waals surface area contributed by atoms with Crippen LogP contribution in [0.2, 0.25) is 0 Å². The van der Waals surface area contributed by atoms with Gasteiger partial charge in [-0.25, -0.2) is 9.97 Å². The minimum absolute atomic E-state index is 0.0104. The number of halogens is 6. The highest BCUT2D eigenvalue weighted by Crippen LogP contribution is 2.28. The fraction of sp³-hybridized carbons (Fsp3) is 0.714. The van der Waals surface area contributed by atoms with Gasteiger partial charge in [-0.2, -0.15) is 26.3 Å². The van der Waals surface area contributed by atoms with E-state index < -0.39 is 24.7 Å². The lowest BCUT2D eigenvalue weighted by molar-refractivity contribution is -0.174. The van der Waals surface area contributed by atoms with Crippen LogP contribution >= 0.6 is 0 Å². The smallest absolute Gasteiger partial charge is 0.372 e. The van der Waals surface area contributed by atoms with Crippen molar-refractivity contribution < 1.29 is 31.1 Å². The normalized spacial score (nSPS) is 17.1. The van der Waals surface area contributed by atoms with Gasteiger partial charge in [0.1, 0.15) is 12.3 Å². The number of piperazine rings is 1. The molecule has 0 saturated carbocycles. The first kappa shape index (κ1) is 19.7. The van der Waals surface area contributed by atoms with Gasteiger partial charge in [0.15, 0.2) is 0 Å². The second kappa shape index (κ2) is 8.17. The van der Waals surface area contributed by atoms with E-state index in [0.29, 0.717) is 39.1 Å². The zero-order valence-corrected chi connectivity index (χ0v) is 13.3.